The predicted octanol–water partition coefficient (Wildman–Crippen LogP) is 1.88. The molecule has 0 atom stereocenters. The van der Waals surface area contributed by atoms with Crippen LogP contribution in [0.15, 0.2) is 30.3 Å². The topological polar surface area (TPSA) is 79.0 Å². The second kappa shape index (κ2) is 3.31. The fourth-order valence-electron chi connectivity index (χ4n) is 2.38. The van der Waals surface area contributed by atoms with Gasteiger partial charge in [0, 0.05) is 23.1 Å². The number of carbonyl (C=O) groups is 1. The summed E-state index contributed by atoms with van der Waals surface area (Å²) in [4.78, 5) is 11.8. The Morgan fingerprint density at radius 1 is 1.29 bits per heavy atom. The Morgan fingerprint density at radius 3 is 2.88 bits per heavy atom. The van der Waals surface area contributed by atoms with E-state index in [1.165, 1.54) is 0 Å². The van der Waals surface area contributed by atoms with Crippen molar-refractivity contribution in [3.63, 3.8) is 0 Å². The molecule has 0 amide bonds. The summed E-state index contributed by atoms with van der Waals surface area (Å²) in [6.45, 7) is 0. The number of ketones is 1. The van der Waals surface area contributed by atoms with E-state index >= 15 is 0 Å². The Balaban J connectivity index is 2.33. The Kier molecular flexibility index (Phi) is 1.92. The molecule has 0 spiro atoms. The zero-order valence-electron chi connectivity index (χ0n) is 9.08. The summed E-state index contributed by atoms with van der Waals surface area (Å²) in [6, 6.07) is 9.42. The average molecular weight is 225 g/mol. The SMILES string of the molecule is N=C(N)Nc1ccc2c3c(cccc13)CC2=O. The molecule has 0 saturated heterocycles. The van der Waals surface area contributed by atoms with Crippen LogP contribution in [0.25, 0.3) is 10.8 Å². The first kappa shape index (κ1) is 9.84. The van der Waals surface area contributed by atoms with Crippen molar-refractivity contribution in [2.45, 2.75) is 6.42 Å². The van der Waals surface area contributed by atoms with E-state index in [1.54, 1.807) is 12.1 Å². The van der Waals surface area contributed by atoms with Crippen LogP contribution in [0, 0.1) is 5.41 Å². The van der Waals surface area contributed by atoms with E-state index in [0.717, 1.165) is 27.6 Å². The first-order valence-corrected chi connectivity index (χ1v) is 5.35. The van der Waals surface area contributed by atoms with Crippen molar-refractivity contribution in [3.8, 4) is 0 Å². The summed E-state index contributed by atoms with van der Waals surface area (Å²) in [6.07, 6.45) is 0.468. The largest absolute Gasteiger partial charge is 0.370 e. The van der Waals surface area contributed by atoms with Crippen LogP contribution in [0.5, 0.6) is 0 Å². The Hall–Kier alpha value is -2.36. The normalized spacial score (nSPS) is 13.1. The fourth-order valence-corrected chi connectivity index (χ4v) is 2.38. The average Bonchev–Trinajstić information content (AvgIpc) is 2.60. The molecular formula is C13H11N3O. The molecule has 0 aromatic heterocycles. The highest BCUT2D eigenvalue weighted by Gasteiger charge is 2.22. The molecule has 0 heterocycles. The first-order chi connectivity index (χ1) is 8.16. The minimum absolute atomic E-state index is 0.102. The van der Waals surface area contributed by atoms with Gasteiger partial charge in [-0.3, -0.25) is 10.2 Å². The molecule has 0 unspecified atom stereocenters. The van der Waals surface area contributed by atoms with Gasteiger partial charge in [-0.15, -0.1) is 0 Å². The number of anilines is 1. The smallest absolute Gasteiger partial charge is 0.190 e. The molecule has 0 bridgehead atoms. The van der Waals surface area contributed by atoms with Gasteiger partial charge in [0.05, 0.1) is 0 Å². The number of benzene rings is 2. The standard InChI is InChI=1S/C13H11N3O/c14-13(15)16-10-5-4-9-11(17)6-7-2-1-3-8(10)12(7)9/h1-5H,6H2,(H4,14,15,16). The molecular weight excluding hydrogens is 214 g/mol. The summed E-state index contributed by atoms with van der Waals surface area (Å²) >= 11 is 0. The van der Waals surface area contributed by atoms with E-state index in [1.807, 2.05) is 18.2 Å². The number of Topliss-reactive ketones (excluding diaryl/α,β-unsaturated/α-hetero) is 1. The maximum atomic E-state index is 11.8. The molecule has 1 aliphatic rings. The molecule has 84 valence electrons. The van der Waals surface area contributed by atoms with Crippen LogP contribution in [0.2, 0.25) is 0 Å². The maximum absolute atomic E-state index is 11.8. The number of guanidine groups is 1. The van der Waals surface area contributed by atoms with Gasteiger partial charge in [0.1, 0.15) is 0 Å². The predicted molar refractivity (Wildman–Crippen MR) is 67.5 cm³/mol. The number of hydrogen-bond acceptors (Lipinski definition) is 2. The summed E-state index contributed by atoms with van der Waals surface area (Å²) in [5.74, 6) is 0.0561. The monoisotopic (exact) mass is 225 g/mol. The molecule has 0 radical (unpaired) electrons. The van der Waals surface area contributed by atoms with Crippen molar-refractivity contribution >= 4 is 28.2 Å². The lowest BCUT2D eigenvalue weighted by Gasteiger charge is -2.09. The van der Waals surface area contributed by atoms with Gasteiger partial charge in [0.15, 0.2) is 11.7 Å². The zero-order valence-corrected chi connectivity index (χ0v) is 9.08. The van der Waals surface area contributed by atoms with Crippen LogP contribution < -0.4 is 11.1 Å². The van der Waals surface area contributed by atoms with Crippen molar-refractivity contribution in [3.05, 3.63) is 41.5 Å². The van der Waals surface area contributed by atoms with Crippen molar-refractivity contribution in [1.29, 1.82) is 5.41 Å². The Bertz CT molecular complexity index is 661. The summed E-state index contributed by atoms with van der Waals surface area (Å²) in [5.41, 5.74) is 7.93. The third kappa shape index (κ3) is 1.38. The zero-order chi connectivity index (χ0) is 12.0. The number of hydrogen-bond donors (Lipinski definition) is 3. The van der Waals surface area contributed by atoms with Crippen molar-refractivity contribution in [2.75, 3.05) is 5.32 Å². The molecule has 0 fully saturated rings. The molecule has 17 heavy (non-hydrogen) atoms. The van der Waals surface area contributed by atoms with Gasteiger partial charge in [-0.25, -0.2) is 0 Å². The lowest BCUT2D eigenvalue weighted by atomic mass is 10.0. The third-order valence-electron chi connectivity index (χ3n) is 3.05. The molecule has 4 heteroatoms. The van der Waals surface area contributed by atoms with Crippen LogP contribution in [0.1, 0.15) is 15.9 Å². The quantitative estimate of drug-likeness (QED) is 0.512. The lowest BCUT2D eigenvalue weighted by Crippen LogP contribution is -2.20. The third-order valence-corrected chi connectivity index (χ3v) is 3.05. The molecule has 0 saturated carbocycles. The van der Waals surface area contributed by atoms with Gasteiger partial charge in [-0.05, 0) is 23.1 Å². The van der Waals surface area contributed by atoms with Crippen LogP contribution in [0.3, 0.4) is 0 Å². The highest BCUT2D eigenvalue weighted by atomic mass is 16.1. The Labute approximate surface area is 97.9 Å². The van der Waals surface area contributed by atoms with Gasteiger partial charge >= 0.3 is 0 Å². The fraction of sp³-hybridized carbons (Fsp3) is 0.0769. The summed E-state index contributed by atoms with van der Waals surface area (Å²) in [5, 5.41) is 12.0. The van der Waals surface area contributed by atoms with E-state index in [-0.39, 0.29) is 11.7 Å². The van der Waals surface area contributed by atoms with E-state index in [9.17, 15) is 4.79 Å². The molecule has 4 N–H and O–H groups in total. The second-order valence-corrected chi connectivity index (χ2v) is 4.14. The van der Waals surface area contributed by atoms with E-state index in [0.29, 0.717) is 6.42 Å². The lowest BCUT2D eigenvalue weighted by molar-refractivity contribution is 0.1000. The molecule has 0 aliphatic heterocycles. The van der Waals surface area contributed by atoms with Crippen LogP contribution in [0.4, 0.5) is 5.69 Å². The highest BCUT2D eigenvalue weighted by molar-refractivity contribution is 6.18. The molecule has 3 rings (SSSR count). The van der Waals surface area contributed by atoms with Gasteiger partial charge < -0.3 is 11.1 Å². The molecule has 1 aliphatic carbocycles. The molecule has 2 aromatic carbocycles. The van der Waals surface area contributed by atoms with Crippen molar-refractivity contribution in [1.82, 2.24) is 0 Å². The minimum Gasteiger partial charge on any atom is -0.370 e. The van der Waals surface area contributed by atoms with Gasteiger partial charge in [0.2, 0.25) is 0 Å². The second-order valence-electron chi connectivity index (χ2n) is 4.14. The number of nitrogens with two attached hydrogens (primary N) is 1. The van der Waals surface area contributed by atoms with Gasteiger partial charge in [-0.1, -0.05) is 18.2 Å². The first-order valence-electron chi connectivity index (χ1n) is 5.35. The van der Waals surface area contributed by atoms with Gasteiger partial charge in [-0.2, -0.15) is 0 Å². The highest BCUT2D eigenvalue weighted by Crippen LogP contribution is 2.34. The number of carbonyl (C=O) groups excluding carboxylic acids is 1. The Morgan fingerprint density at radius 2 is 2.12 bits per heavy atom. The summed E-state index contributed by atoms with van der Waals surface area (Å²) < 4.78 is 0. The number of rotatable bonds is 1. The van der Waals surface area contributed by atoms with Crippen LogP contribution in [-0.2, 0) is 6.42 Å². The number of nitrogens with one attached hydrogen (secondary N) is 2. The molecule has 2 aromatic rings. The van der Waals surface area contributed by atoms with Crippen LogP contribution in [-0.4, -0.2) is 11.7 Å². The van der Waals surface area contributed by atoms with E-state index < -0.39 is 0 Å². The van der Waals surface area contributed by atoms with Crippen molar-refractivity contribution < 1.29 is 4.79 Å². The van der Waals surface area contributed by atoms with Crippen molar-refractivity contribution in [2.24, 2.45) is 5.73 Å². The molecule has 4 nitrogen and oxygen atoms in total. The van der Waals surface area contributed by atoms with Gasteiger partial charge in [0.25, 0.3) is 0 Å². The van der Waals surface area contributed by atoms with Crippen LogP contribution >= 0.6 is 0 Å². The van der Waals surface area contributed by atoms with E-state index in [2.05, 4.69) is 5.32 Å². The van der Waals surface area contributed by atoms with E-state index in [4.69, 9.17) is 11.1 Å². The maximum Gasteiger partial charge on any atom is 0.190 e. The minimum atomic E-state index is -0.102. The summed E-state index contributed by atoms with van der Waals surface area (Å²) in [7, 11) is 0.